The number of anilines is 1. The number of hydrogen-bond acceptors (Lipinski definition) is 6. The van der Waals surface area contributed by atoms with Gasteiger partial charge in [-0.25, -0.2) is 13.6 Å². The van der Waals surface area contributed by atoms with Crippen LogP contribution >= 0.6 is 23.2 Å². The summed E-state index contributed by atoms with van der Waals surface area (Å²) >= 11 is 11.9. The van der Waals surface area contributed by atoms with Crippen molar-refractivity contribution in [2.24, 2.45) is 10.2 Å². The molecule has 0 atom stereocenters. The summed E-state index contributed by atoms with van der Waals surface area (Å²) in [6.45, 7) is 0. The van der Waals surface area contributed by atoms with E-state index in [0.717, 1.165) is 12.1 Å². The van der Waals surface area contributed by atoms with Crippen molar-refractivity contribution in [2.45, 2.75) is 4.90 Å². The number of nitrogens with zero attached hydrogens (tertiary/aromatic N) is 2. The van der Waals surface area contributed by atoms with Crippen LogP contribution in [0.15, 0.2) is 46.4 Å². The fraction of sp³-hybridized carbons (Fsp3) is 0. The Hall–Kier alpha value is -2.20. The number of nitrogens with one attached hydrogen (secondary N) is 1. The van der Waals surface area contributed by atoms with Gasteiger partial charge in [0.2, 0.25) is 10.0 Å². The van der Waals surface area contributed by atoms with E-state index in [1.54, 1.807) is 18.2 Å². The van der Waals surface area contributed by atoms with Crippen LogP contribution in [0.3, 0.4) is 0 Å². The molecule has 24 heavy (non-hydrogen) atoms. The zero-order chi connectivity index (χ0) is 17.9. The Morgan fingerprint density at radius 3 is 2.38 bits per heavy atom. The Morgan fingerprint density at radius 1 is 1.21 bits per heavy atom. The molecule has 0 saturated carbocycles. The Bertz CT molecular complexity index is 911. The highest BCUT2D eigenvalue weighted by Crippen LogP contribution is 2.27. The number of sulfonamides is 1. The second kappa shape index (κ2) is 7.14. The number of hydrazone groups is 1. The summed E-state index contributed by atoms with van der Waals surface area (Å²) in [6, 6.07) is 8.03. The molecule has 2 rings (SSSR count). The first-order valence-electron chi connectivity index (χ1n) is 6.24. The molecule has 0 amide bonds. The number of benzene rings is 2. The number of hydrogen-bond donors (Lipinski definition) is 2. The van der Waals surface area contributed by atoms with Crippen molar-refractivity contribution >= 4 is 50.8 Å². The third kappa shape index (κ3) is 4.20. The maximum absolute atomic E-state index is 11.3. The van der Waals surface area contributed by atoms with E-state index in [9.17, 15) is 18.5 Å². The van der Waals surface area contributed by atoms with Gasteiger partial charge in [-0.05, 0) is 24.3 Å². The minimum Gasteiger partial charge on any atom is -0.272 e. The van der Waals surface area contributed by atoms with Crippen molar-refractivity contribution in [3.05, 3.63) is 62.1 Å². The molecule has 2 aromatic carbocycles. The molecular weight excluding hydrogens is 379 g/mol. The van der Waals surface area contributed by atoms with Gasteiger partial charge in [-0.3, -0.25) is 15.5 Å². The molecular formula is C13H10Cl2N4O4S. The second-order valence-corrected chi connectivity index (χ2v) is 6.86. The summed E-state index contributed by atoms with van der Waals surface area (Å²) in [6.07, 6.45) is 1.29. The molecule has 0 aliphatic heterocycles. The van der Waals surface area contributed by atoms with E-state index in [4.69, 9.17) is 28.3 Å². The van der Waals surface area contributed by atoms with E-state index in [0.29, 0.717) is 15.6 Å². The van der Waals surface area contributed by atoms with Crippen LogP contribution in [0, 0.1) is 10.1 Å². The summed E-state index contributed by atoms with van der Waals surface area (Å²) < 4.78 is 22.5. The second-order valence-electron chi connectivity index (χ2n) is 4.49. The molecule has 0 aromatic heterocycles. The lowest BCUT2D eigenvalue weighted by Crippen LogP contribution is -2.12. The highest BCUT2D eigenvalue weighted by molar-refractivity contribution is 7.89. The summed E-state index contributed by atoms with van der Waals surface area (Å²) in [4.78, 5) is 9.95. The molecule has 0 fully saturated rings. The van der Waals surface area contributed by atoms with Crippen molar-refractivity contribution in [1.29, 1.82) is 0 Å². The lowest BCUT2D eigenvalue weighted by molar-refractivity contribution is -0.384. The molecule has 11 heteroatoms. The lowest BCUT2D eigenvalue weighted by atomic mass is 10.2. The van der Waals surface area contributed by atoms with Gasteiger partial charge in [-0.15, -0.1) is 0 Å². The highest BCUT2D eigenvalue weighted by atomic mass is 35.5. The van der Waals surface area contributed by atoms with E-state index in [1.165, 1.54) is 12.3 Å². The molecule has 0 spiro atoms. The van der Waals surface area contributed by atoms with Gasteiger partial charge in [0, 0.05) is 11.6 Å². The molecule has 0 unspecified atom stereocenters. The summed E-state index contributed by atoms with van der Waals surface area (Å²) in [7, 11) is -4.06. The quantitative estimate of drug-likeness (QED) is 0.462. The van der Waals surface area contributed by atoms with Gasteiger partial charge in [0.05, 0.1) is 26.1 Å². The molecule has 0 heterocycles. The zero-order valence-corrected chi connectivity index (χ0v) is 14.1. The summed E-state index contributed by atoms with van der Waals surface area (Å²) in [5, 5.41) is 20.6. The molecule has 0 aliphatic carbocycles. The molecule has 0 saturated heterocycles. The van der Waals surface area contributed by atoms with Gasteiger partial charge in [-0.2, -0.15) is 5.10 Å². The Kier molecular flexibility index (Phi) is 5.40. The SMILES string of the molecule is NS(=O)(=O)c1ccc(N/N=C\c2c(Cl)cccc2Cl)c([N+](=O)[O-])c1. The van der Waals surface area contributed by atoms with E-state index in [2.05, 4.69) is 10.5 Å². The van der Waals surface area contributed by atoms with Crippen LogP contribution in [0.1, 0.15) is 5.56 Å². The Balaban J connectivity index is 2.33. The fourth-order valence-corrected chi connectivity index (χ4v) is 2.76. The highest BCUT2D eigenvalue weighted by Gasteiger charge is 2.18. The molecule has 2 aromatic rings. The van der Waals surface area contributed by atoms with Gasteiger partial charge in [0.15, 0.2) is 0 Å². The molecule has 0 aliphatic rings. The third-order valence-corrected chi connectivity index (χ3v) is 4.44. The van der Waals surface area contributed by atoms with E-state index >= 15 is 0 Å². The van der Waals surface area contributed by atoms with E-state index in [-0.39, 0.29) is 10.6 Å². The van der Waals surface area contributed by atoms with E-state index < -0.39 is 20.6 Å². The molecule has 0 bridgehead atoms. The monoisotopic (exact) mass is 388 g/mol. The van der Waals surface area contributed by atoms with Gasteiger partial charge in [0.1, 0.15) is 5.69 Å². The topological polar surface area (TPSA) is 128 Å². The van der Waals surface area contributed by atoms with Gasteiger partial charge < -0.3 is 0 Å². The van der Waals surface area contributed by atoms with Crippen LogP contribution in [-0.2, 0) is 10.0 Å². The minimum absolute atomic E-state index is 0.0215. The third-order valence-electron chi connectivity index (χ3n) is 2.87. The van der Waals surface area contributed by atoms with Gasteiger partial charge in [0.25, 0.3) is 5.69 Å². The predicted molar refractivity (Wildman–Crippen MR) is 92.1 cm³/mol. The lowest BCUT2D eigenvalue weighted by Gasteiger charge is -2.05. The molecule has 3 N–H and O–H groups in total. The summed E-state index contributed by atoms with van der Waals surface area (Å²) in [5.74, 6) is 0. The van der Waals surface area contributed by atoms with Crippen LogP contribution in [0.25, 0.3) is 0 Å². The van der Waals surface area contributed by atoms with Crippen molar-refractivity contribution in [2.75, 3.05) is 5.43 Å². The number of rotatable bonds is 5. The van der Waals surface area contributed by atoms with Crippen LogP contribution in [-0.4, -0.2) is 19.6 Å². The Morgan fingerprint density at radius 2 is 1.83 bits per heavy atom. The van der Waals surface area contributed by atoms with Crippen LogP contribution in [0.4, 0.5) is 11.4 Å². The first-order chi connectivity index (χ1) is 11.2. The minimum atomic E-state index is -4.06. The van der Waals surface area contributed by atoms with Crippen molar-refractivity contribution in [3.8, 4) is 0 Å². The maximum atomic E-state index is 11.3. The van der Waals surface area contributed by atoms with Gasteiger partial charge in [-0.1, -0.05) is 29.3 Å². The largest absolute Gasteiger partial charge is 0.295 e. The average Bonchev–Trinajstić information content (AvgIpc) is 2.49. The van der Waals surface area contributed by atoms with Crippen LogP contribution in [0.2, 0.25) is 10.0 Å². The number of nitro groups is 1. The van der Waals surface area contributed by atoms with Gasteiger partial charge >= 0.3 is 0 Å². The Labute approximate surface area is 147 Å². The number of nitro benzene ring substituents is 1. The average molecular weight is 389 g/mol. The first-order valence-corrected chi connectivity index (χ1v) is 8.54. The van der Waals surface area contributed by atoms with Crippen molar-refractivity contribution in [3.63, 3.8) is 0 Å². The summed E-state index contributed by atoms with van der Waals surface area (Å²) in [5.41, 5.74) is 2.36. The molecule has 8 nitrogen and oxygen atoms in total. The smallest absolute Gasteiger partial charge is 0.272 e. The predicted octanol–water partition coefficient (Wildman–Crippen LogP) is 3.00. The number of halogens is 2. The molecule has 126 valence electrons. The first kappa shape index (κ1) is 18.1. The number of primary sulfonamides is 1. The number of nitrogens with two attached hydrogens (primary N) is 1. The van der Waals surface area contributed by atoms with Crippen LogP contribution in [0.5, 0.6) is 0 Å². The van der Waals surface area contributed by atoms with E-state index in [1.807, 2.05) is 0 Å². The fourth-order valence-electron chi connectivity index (χ4n) is 1.73. The normalized spacial score (nSPS) is 11.6. The zero-order valence-electron chi connectivity index (χ0n) is 11.8. The maximum Gasteiger partial charge on any atom is 0.295 e. The van der Waals surface area contributed by atoms with Crippen LogP contribution < -0.4 is 10.6 Å². The standard InChI is InChI=1S/C13H10Cl2N4O4S/c14-10-2-1-3-11(15)9(10)7-17-18-12-5-4-8(24(16,22)23)6-13(12)19(20)21/h1-7,18H,(H2,16,22,23)/b17-7-. The van der Waals surface area contributed by atoms with Crippen molar-refractivity contribution < 1.29 is 13.3 Å². The van der Waals surface area contributed by atoms with Crippen molar-refractivity contribution in [1.82, 2.24) is 0 Å². The molecule has 0 radical (unpaired) electrons.